The Labute approximate surface area is 158 Å². The van der Waals surface area contributed by atoms with E-state index >= 15 is 0 Å². The third-order valence-electron chi connectivity index (χ3n) is 4.46. The minimum Gasteiger partial charge on any atom is -0.452 e. The Balaban J connectivity index is 1.55. The number of para-hydroxylation sites is 1. The van der Waals surface area contributed by atoms with Crippen LogP contribution >= 0.6 is 0 Å². The molecule has 140 valence electrons. The summed E-state index contributed by atoms with van der Waals surface area (Å²) in [6, 6.07) is 12.8. The van der Waals surface area contributed by atoms with Crippen LogP contribution < -0.4 is 10.3 Å². The summed E-state index contributed by atoms with van der Waals surface area (Å²) >= 11 is 0. The van der Waals surface area contributed by atoms with Crippen LogP contribution in [0.4, 0.5) is 11.4 Å². The molecule has 1 aliphatic heterocycles. The number of carbonyl (C=O) groups excluding carboxylic acids is 2. The molecule has 2 aromatic carbocycles. The fourth-order valence-corrected chi connectivity index (χ4v) is 2.93. The molecule has 1 aliphatic rings. The number of benzene rings is 2. The van der Waals surface area contributed by atoms with Gasteiger partial charge in [0.15, 0.2) is 6.61 Å². The van der Waals surface area contributed by atoms with Crippen LogP contribution in [0.25, 0.3) is 0 Å². The summed E-state index contributed by atoms with van der Waals surface area (Å²) in [6.07, 6.45) is 0.944. The van der Waals surface area contributed by atoms with E-state index in [0.29, 0.717) is 5.56 Å². The van der Waals surface area contributed by atoms with Gasteiger partial charge in [0.2, 0.25) is 0 Å². The minimum atomic E-state index is -0.528. The molecule has 27 heavy (non-hydrogen) atoms. The van der Waals surface area contributed by atoms with Crippen molar-refractivity contribution in [2.75, 3.05) is 23.5 Å². The molecule has 0 saturated heterocycles. The van der Waals surface area contributed by atoms with Crippen LogP contribution in [-0.4, -0.2) is 30.7 Å². The first-order chi connectivity index (χ1) is 12.9. The Morgan fingerprint density at radius 1 is 1.07 bits per heavy atom. The topological polar surface area (TPSA) is 71.0 Å². The zero-order chi connectivity index (χ0) is 19.4. The Bertz CT molecular complexity index is 868. The number of nitrogens with one attached hydrogen (secondary N) is 1. The third kappa shape index (κ3) is 4.53. The highest BCUT2D eigenvalue weighted by Gasteiger charge is 2.15. The maximum atomic E-state index is 12.2. The molecule has 6 heteroatoms. The number of nitrogens with zero attached hydrogens (tertiary/aromatic N) is 2. The first-order valence-corrected chi connectivity index (χ1v) is 8.89. The highest BCUT2D eigenvalue weighted by molar-refractivity contribution is 5.96. The van der Waals surface area contributed by atoms with Gasteiger partial charge in [0.05, 0.1) is 11.3 Å². The lowest BCUT2D eigenvalue weighted by atomic mass is 10.1. The molecule has 0 atom stereocenters. The zero-order valence-electron chi connectivity index (χ0n) is 15.8. The van der Waals surface area contributed by atoms with Crippen molar-refractivity contribution >= 4 is 29.0 Å². The van der Waals surface area contributed by atoms with Gasteiger partial charge in [0.1, 0.15) is 0 Å². The number of carbonyl (C=O) groups is 2. The Morgan fingerprint density at radius 3 is 2.33 bits per heavy atom. The number of aryl methyl sites for hydroxylation is 2. The van der Waals surface area contributed by atoms with Gasteiger partial charge >= 0.3 is 5.97 Å². The van der Waals surface area contributed by atoms with E-state index in [1.807, 2.05) is 56.1 Å². The van der Waals surface area contributed by atoms with Crippen LogP contribution in [-0.2, 0) is 9.53 Å². The van der Waals surface area contributed by atoms with Crippen molar-refractivity contribution in [3.8, 4) is 0 Å². The summed E-state index contributed by atoms with van der Waals surface area (Å²) in [5.74, 6) is -0.890. The average molecular weight is 365 g/mol. The predicted octanol–water partition coefficient (Wildman–Crippen LogP) is 3.68. The molecular weight excluding hydrogens is 342 g/mol. The molecule has 0 spiro atoms. The summed E-state index contributed by atoms with van der Waals surface area (Å²) in [7, 11) is 0. The van der Waals surface area contributed by atoms with Crippen molar-refractivity contribution < 1.29 is 14.3 Å². The molecule has 1 heterocycles. The van der Waals surface area contributed by atoms with Gasteiger partial charge in [-0.25, -0.2) is 4.79 Å². The maximum Gasteiger partial charge on any atom is 0.338 e. The lowest BCUT2D eigenvalue weighted by molar-refractivity contribution is -0.119. The second-order valence-electron chi connectivity index (χ2n) is 6.65. The molecule has 3 rings (SSSR count). The zero-order valence-corrected chi connectivity index (χ0v) is 15.8. The Kier molecular flexibility index (Phi) is 5.54. The van der Waals surface area contributed by atoms with E-state index in [4.69, 9.17) is 4.74 Å². The number of amides is 1. The minimum absolute atomic E-state index is 0.329. The van der Waals surface area contributed by atoms with E-state index in [9.17, 15) is 9.59 Å². The van der Waals surface area contributed by atoms with E-state index in [1.54, 1.807) is 12.1 Å². The quantitative estimate of drug-likeness (QED) is 0.821. The lowest BCUT2D eigenvalue weighted by Gasteiger charge is -2.14. The lowest BCUT2D eigenvalue weighted by Crippen LogP contribution is -2.22. The highest BCUT2D eigenvalue weighted by Crippen LogP contribution is 2.21. The van der Waals surface area contributed by atoms with Crippen LogP contribution in [0.3, 0.4) is 0 Å². The van der Waals surface area contributed by atoms with Gasteiger partial charge < -0.3 is 10.1 Å². The Hall–Kier alpha value is -3.15. The smallest absolute Gasteiger partial charge is 0.338 e. The number of ether oxygens (including phenoxy) is 1. The number of hydrogen-bond acceptors (Lipinski definition) is 5. The molecule has 1 N–H and O–H groups in total. The summed E-state index contributed by atoms with van der Waals surface area (Å²) < 4.78 is 5.13. The number of hydrazone groups is 1. The highest BCUT2D eigenvalue weighted by atomic mass is 16.5. The Morgan fingerprint density at radius 2 is 1.74 bits per heavy atom. The average Bonchev–Trinajstić information content (AvgIpc) is 3.09. The molecule has 0 bridgehead atoms. The summed E-state index contributed by atoms with van der Waals surface area (Å²) in [5.41, 5.74) is 5.10. The number of anilines is 2. The monoisotopic (exact) mass is 365 g/mol. The largest absolute Gasteiger partial charge is 0.452 e. The van der Waals surface area contributed by atoms with Gasteiger partial charge in [-0.3, -0.25) is 9.80 Å². The van der Waals surface area contributed by atoms with E-state index in [0.717, 1.165) is 41.2 Å². The third-order valence-corrected chi connectivity index (χ3v) is 4.46. The fraction of sp³-hybridized carbons (Fsp3) is 0.286. The first kappa shape index (κ1) is 18.6. The van der Waals surface area contributed by atoms with Crippen molar-refractivity contribution in [1.82, 2.24) is 0 Å². The van der Waals surface area contributed by atoms with Crippen molar-refractivity contribution in [1.29, 1.82) is 0 Å². The SMILES string of the molecule is CC1=NN(c2ccc(C(=O)OCC(=O)Nc3c(C)cccc3C)cc2)CC1. The summed E-state index contributed by atoms with van der Waals surface area (Å²) in [5, 5.41) is 9.13. The molecular formula is C21H23N3O3. The van der Waals surface area contributed by atoms with Crippen molar-refractivity contribution in [2.45, 2.75) is 27.2 Å². The van der Waals surface area contributed by atoms with Crippen LogP contribution in [0.5, 0.6) is 0 Å². The van der Waals surface area contributed by atoms with Gasteiger partial charge in [-0.15, -0.1) is 0 Å². The summed E-state index contributed by atoms with van der Waals surface area (Å²) in [6.45, 7) is 6.34. The van der Waals surface area contributed by atoms with E-state index in [-0.39, 0.29) is 12.5 Å². The van der Waals surface area contributed by atoms with Gasteiger partial charge in [0.25, 0.3) is 5.91 Å². The molecule has 0 aromatic heterocycles. The number of esters is 1. The normalized spacial score (nSPS) is 13.3. The van der Waals surface area contributed by atoms with Crippen LogP contribution in [0.1, 0.15) is 34.8 Å². The second-order valence-corrected chi connectivity index (χ2v) is 6.65. The molecule has 0 radical (unpaired) electrons. The van der Waals surface area contributed by atoms with Crippen LogP contribution in [0.2, 0.25) is 0 Å². The molecule has 2 aromatic rings. The molecule has 6 nitrogen and oxygen atoms in total. The molecule has 0 fully saturated rings. The standard InChI is InChI=1S/C21H23N3O3/c1-14-5-4-6-15(2)20(14)22-19(25)13-27-21(26)17-7-9-18(10-8-17)24-12-11-16(3)23-24/h4-10H,11-13H2,1-3H3,(H,22,25). The summed E-state index contributed by atoms with van der Waals surface area (Å²) in [4.78, 5) is 24.3. The fourth-order valence-electron chi connectivity index (χ4n) is 2.93. The van der Waals surface area contributed by atoms with E-state index in [1.165, 1.54) is 0 Å². The van der Waals surface area contributed by atoms with Gasteiger partial charge in [-0.1, -0.05) is 18.2 Å². The van der Waals surface area contributed by atoms with Crippen molar-refractivity contribution in [2.24, 2.45) is 5.10 Å². The van der Waals surface area contributed by atoms with E-state index in [2.05, 4.69) is 10.4 Å². The number of hydrogen-bond donors (Lipinski definition) is 1. The van der Waals surface area contributed by atoms with Gasteiger partial charge in [-0.2, -0.15) is 5.10 Å². The van der Waals surface area contributed by atoms with Gasteiger partial charge in [-0.05, 0) is 56.2 Å². The number of rotatable bonds is 5. The van der Waals surface area contributed by atoms with Crippen molar-refractivity contribution in [3.63, 3.8) is 0 Å². The molecule has 1 amide bonds. The van der Waals surface area contributed by atoms with E-state index < -0.39 is 5.97 Å². The predicted molar refractivity (Wildman–Crippen MR) is 106 cm³/mol. The first-order valence-electron chi connectivity index (χ1n) is 8.89. The molecule has 0 saturated carbocycles. The maximum absolute atomic E-state index is 12.2. The van der Waals surface area contributed by atoms with Crippen LogP contribution in [0.15, 0.2) is 47.6 Å². The van der Waals surface area contributed by atoms with Crippen LogP contribution in [0, 0.1) is 13.8 Å². The second kappa shape index (κ2) is 8.03. The van der Waals surface area contributed by atoms with Gasteiger partial charge in [0, 0.05) is 24.4 Å². The molecule has 0 aliphatic carbocycles. The molecule has 0 unspecified atom stereocenters. The van der Waals surface area contributed by atoms with Crippen molar-refractivity contribution in [3.05, 3.63) is 59.2 Å².